The first-order valence-electron chi connectivity index (χ1n) is 8.60. The number of nitrogens with one attached hydrogen (secondary N) is 1. The maximum atomic E-state index is 12.5. The van der Waals surface area contributed by atoms with Crippen LogP contribution in [0.25, 0.3) is 0 Å². The molecule has 0 bridgehead atoms. The van der Waals surface area contributed by atoms with Crippen molar-refractivity contribution in [3.63, 3.8) is 0 Å². The second-order valence-electron chi connectivity index (χ2n) is 7.12. The van der Waals surface area contributed by atoms with Crippen molar-refractivity contribution in [3.05, 3.63) is 23.4 Å². The second kappa shape index (κ2) is 6.40. The topological polar surface area (TPSA) is 89.3 Å². The quantitative estimate of drug-likeness (QED) is 0.860. The molecule has 1 aromatic rings. The molecule has 3 heterocycles. The van der Waals surface area contributed by atoms with E-state index >= 15 is 0 Å². The molecule has 2 N–H and O–H groups in total. The van der Waals surface area contributed by atoms with Crippen molar-refractivity contribution in [1.82, 2.24) is 10.3 Å². The van der Waals surface area contributed by atoms with Crippen molar-refractivity contribution < 1.29 is 9.90 Å². The summed E-state index contributed by atoms with van der Waals surface area (Å²) in [6, 6.07) is 5.89. The highest BCUT2D eigenvalue weighted by atomic mass is 16.3. The first kappa shape index (κ1) is 16.7. The Bertz CT molecular complexity index is 682. The Labute approximate surface area is 142 Å². The fourth-order valence-electron chi connectivity index (χ4n) is 3.74. The van der Waals surface area contributed by atoms with Crippen LogP contribution in [0.4, 0.5) is 5.82 Å². The maximum Gasteiger partial charge on any atom is 0.230 e. The van der Waals surface area contributed by atoms with Gasteiger partial charge in [0.1, 0.15) is 11.9 Å². The van der Waals surface area contributed by atoms with Gasteiger partial charge < -0.3 is 15.3 Å². The molecule has 1 aromatic heterocycles. The van der Waals surface area contributed by atoms with E-state index in [0.29, 0.717) is 43.9 Å². The van der Waals surface area contributed by atoms with Gasteiger partial charge in [0, 0.05) is 25.3 Å². The summed E-state index contributed by atoms with van der Waals surface area (Å²) < 4.78 is 0. The van der Waals surface area contributed by atoms with E-state index in [4.69, 9.17) is 0 Å². The third-order valence-electron chi connectivity index (χ3n) is 5.23. The zero-order chi connectivity index (χ0) is 17.3. The van der Waals surface area contributed by atoms with Crippen molar-refractivity contribution >= 4 is 11.7 Å². The number of hydrogen-bond acceptors (Lipinski definition) is 5. The van der Waals surface area contributed by atoms with Crippen LogP contribution in [-0.2, 0) is 4.79 Å². The Morgan fingerprint density at radius 3 is 2.96 bits per heavy atom. The van der Waals surface area contributed by atoms with Crippen LogP contribution >= 0.6 is 0 Å². The fourth-order valence-corrected chi connectivity index (χ4v) is 3.74. The lowest BCUT2D eigenvalue weighted by Gasteiger charge is -2.47. The second-order valence-corrected chi connectivity index (χ2v) is 7.12. The number of carbonyl (C=O) groups is 1. The molecule has 2 fully saturated rings. The van der Waals surface area contributed by atoms with Crippen LogP contribution in [0.15, 0.2) is 12.1 Å². The SMILES string of the molecule is CC(C)c1ccc(C#N)c(N2CC[C@H](O)[C@@]3(CCCNC3=O)C2)n1. The van der Waals surface area contributed by atoms with E-state index in [2.05, 4.69) is 30.2 Å². The number of aliphatic hydroxyl groups excluding tert-OH is 1. The summed E-state index contributed by atoms with van der Waals surface area (Å²) in [6.45, 7) is 5.79. The van der Waals surface area contributed by atoms with Gasteiger partial charge in [-0.05, 0) is 37.3 Å². The van der Waals surface area contributed by atoms with Crippen molar-refractivity contribution in [2.24, 2.45) is 5.41 Å². The average molecular weight is 328 g/mol. The van der Waals surface area contributed by atoms with E-state index in [-0.39, 0.29) is 11.8 Å². The summed E-state index contributed by atoms with van der Waals surface area (Å²) >= 11 is 0. The van der Waals surface area contributed by atoms with Crippen LogP contribution in [0.3, 0.4) is 0 Å². The Hall–Kier alpha value is -2.13. The van der Waals surface area contributed by atoms with Crippen molar-refractivity contribution in [3.8, 4) is 6.07 Å². The van der Waals surface area contributed by atoms with Crippen molar-refractivity contribution in [1.29, 1.82) is 5.26 Å². The number of anilines is 1. The fraction of sp³-hybridized carbons (Fsp3) is 0.611. The standard InChI is InChI=1S/C18H24N4O2/c1-12(2)14-5-4-13(10-19)16(21-14)22-9-6-15(23)18(11-22)7-3-8-20-17(18)24/h4-5,12,15,23H,3,6-9,11H2,1-2H3,(H,20,24)/t15-,18+/m0/s1. The third-order valence-corrected chi connectivity index (χ3v) is 5.23. The van der Waals surface area contributed by atoms with E-state index in [9.17, 15) is 15.2 Å². The number of nitrogens with zero attached hydrogens (tertiary/aromatic N) is 3. The Morgan fingerprint density at radius 1 is 1.50 bits per heavy atom. The van der Waals surface area contributed by atoms with Gasteiger partial charge >= 0.3 is 0 Å². The largest absolute Gasteiger partial charge is 0.392 e. The number of aliphatic hydroxyl groups is 1. The normalized spacial score (nSPS) is 27.2. The predicted octanol–water partition coefficient (Wildman–Crippen LogP) is 1.54. The number of pyridine rings is 1. The minimum absolute atomic E-state index is 0.0792. The lowest BCUT2D eigenvalue weighted by molar-refractivity contribution is -0.142. The number of amides is 1. The van der Waals surface area contributed by atoms with Gasteiger partial charge in [-0.25, -0.2) is 4.98 Å². The molecule has 2 aliphatic heterocycles. The molecule has 0 unspecified atom stereocenters. The molecule has 0 aromatic carbocycles. The molecule has 1 amide bonds. The molecular formula is C18H24N4O2. The van der Waals surface area contributed by atoms with Gasteiger partial charge in [-0.2, -0.15) is 5.26 Å². The molecule has 128 valence electrons. The van der Waals surface area contributed by atoms with Gasteiger partial charge in [0.2, 0.25) is 5.91 Å². The molecular weight excluding hydrogens is 304 g/mol. The zero-order valence-corrected chi connectivity index (χ0v) is 14.2. The lowest BCUT2D eigenvalue weighted by Crippen LogP contribution is -2.61. The van der Waals surface area contributed by atoms with Crippen LogP contribution in [0.1, 0.15) is 50.3 Å². The summed E-state index contributed by atoms with van der Waals surface area (Å²) in [5.74, 6) is 0.816. The van der Waals surface area contributed by atoms with Gasteiger partial charge in [-0.1, -0.05) is 13.8 Å². The lowest BCUT2D eigenvalue weighted by atomic mass is 9.71. The number of aromatic nitrogens is 1. The molecule has 2 saturated heterocycles. The maximum absolute atomic E-state index is 12.5. The van der Waals surface area contributed by atoms with E-state index in [1.807, 2.05) is 11.0 Å². The summed E-state index contributed by atoms with van der Waals surface area (Å²) in [5, 5.41) is 22.8. The Balaban J connectivity index is 1.97. The van der Waals surface area contributed by atoms with Crippen LogP contribution in [0.2, 0.25) is 0 Å². The zero-order valence-electron chi connectivity index (χ0n) is 14.2. The number of nitriles is 1. The van der Waals surface area contributed by atoms with E-state index < -0.39 is 11.5 Å². The van der Waals surface area contributed by atoms with Gasteiger partial charge in [0.05, 0.1) is 17.1 Å². The highest BCUT2D eigenvalue weighted by molar-refractivity contribution is 5.85. The minimum atomic E-state index is -0.793. The number of piperidine rings is 2. The first-order valence-corrected chi connectivity index (χ1v) is 8.60. The van der Waals surface area contributed by atoms with Crippen molar-refractivity contribution in [2.75, 3.05) is 24.5 Å². The molecule has 0 radical (unpaired) electrons. The molecule has 0 aliphatic carbocycles. The summed E-state index contributed by atoms with van der Waals surface area (Å²) in [4.78, 5) is 19.2. The number of carbonyl (C=O) groups excluding carboxylic acids is 1. The van der Waals surface area contributed by atoms with E-state index in [0.717, 1.165) is 12.1 Å². The van der Waals surface area contributed by atoms with E-state index in [1.165, 1.54) is 0 Å². The van der Waals surface area contributed by atoms with Crippen molar-refractivity contribution in [2.45, 2.75) is 45.1 Å². The van der Waals surface area contributed by atoms with Gasteiger partial charge in [0.25, 0.3) is 0 Å². The highest BCUT2D eigenvalue weighted by Crippen LogP contribution is 2.39. The minimum Gasteiger partial charge on any atom is -0.392 e. The number of rotatable bonds is 2. The summed E-state index contributed by atoms with van der Waals surface area (Å²) in [6.07, 6.45) is 1.39. The molecule has 2 atom stereocenters. The molecule has 6 nitrogen and oxygen atoms in total. The molecule has 0 saturated carbocycles. The molecule has 1 spiro atoms. The van der Waals surface area contributed by atoms with E-state index in [1.54, 1.807) is 6.07 Å². The van der Waals surface area contributed by atoms with Crippen LogP contribution in [0, 0.1) is 16.7 Å². The Kier molecular flexibility index (Phi) is 4.46. The Morgan fingerprint density at radius 2 is 2.29 bits per heavy atom. The monoisotopic (exact) mass is 328 g/mol. The molecule has 6 heteroatoms. The van der Waals surface area contributed by atoms with Gasteiger partial charge in [-0.3, -0.25) is 4.79 Å². The third kappa shape index (κ3) is 2.73. The number of hydrogen-bond donors (Lipinski definition) is 2. The van der Waals surface area contributed by atoms with Crippen LogP contribution in [-0.4, -0.2) is 41.7 Å². The molecule has 24 heavy (non-hydrogen) atoms. The van der Waals surface area contributed by atoms with Gasteiger partial charge in [0.15, 0.2) is 0 Å². The summed E-state index contributed by atoms with van der Waals surface area (Å²) in [5.41, 5.74) is 0.651. The molecule has 2 aliphatic rings. The first-order chi connectivity index (χ1) is 11.5. The van der Waals surface area contributed by atoms with Crippen LogP contribution < -0.4 is 10.2 Å². The van der Waals surface area contributed by atoms with Gasteiger partial charge in [-0.15, -0.1) is 0 Å². The van der Waals surface area contributed by atoms with Crippen LogP contribution in [0.5, 0.6) is 0 Å². The summed E-state index contributed by atoms with van der Waals surface area (Å²) in [7, 11) is 0. The smallest absolute Gasteiger partial charge is 0.230 e. The molecule has 3 rings (SSSR count). The predicted molar refractivity (Wildman–Crippen MR) is 90.6 cm³/mol. The highest BCUT2D eigenvalue weighted by Gasteiger charge is 2.50. The average Bonchev–Trinajstić information content (AvgIpc) is 2.59.